The Bertz CT molecular complexity index is 834. The molecule has 7 heteroatoms. The molecule has 3 rings (SSSR count). The molecule has 3 aromatic heterocycles. The highest BCUT2D eigenvalue weighted by atomic mass is 127. The van der Waals surface area contributed by atoms with Crippen LogP contribution in [0.4, 0.5) is 0 Å². The summed E-state index contributed by atoms with van der Waals surface area (Å²) in [5, 5.41) is 10.3. The molecule has 0 spiro atoms. The topological polar surface area (TPSA) is 48.5 Å². The van der Waals surface area contributed by atoms with E-state index in [0.29, 0.717) is 16.7 Å². The molecule has 0 atom stereocenters. The highest BCUT2D eigenvalue weighted by molar-refractivity contribution is 14.1. The van der Waals surface area contributed by atoms with Crippen LogP contribution in [0.25, 0.3) is 16.7 Å². The van der Waals surface area contributed by atoms with Crippen molar-refractivity contribution >= 4 is 45.2 Å². The van der Waals surface area contributed by atoms with Gasteiger partial charge in [0, 0.05) is 29.9 Å². The smallest absolute Gasteiger partial charge is 0.182 e. The molecule has 0 radical (unpaired) electrons. The lowest BCUT2D eigenvalue weighted by molar-refractivity contribution is 0.775. The van der Waals surface area contributed by atoms with E-state index in [1.807, 2.05) is 24.0 Å². The van der Waals surface area contributed by atoms with Crippen LogP contribution in [0.15, 0.2) is 12.3 Å². The van der Waals surface area contributed by atoms with E-state index in [-0.39, 0.29) is 0 Å². The second-order valence-corrected chi connectivity index (χ2v) is 6.75. The van der Waals surface area contributed by atoms with Crippen molar-refractivity contribution < 1.29 is 0 Å². The molecule has 5 nitrogen and oxygen atoms in total. The molecule has 0 aliphatic heterocycles. The Morgan fingerprint density at radius 3 is 2.62 bits per heavy atom. The third-order valence-corrected chi connectivity index (χ3v) is 4.54. The Labute approximate surface area is 141 Å². The summed E-state index contributed by atoms with van der Waals surface area (Å²) < 4.78 is 4.61. The van der Waals surface area contributed by atoms with Gasteiger partial charge in [-0.2, -0.15) is 10.2 Å². The van der Waals surface area contributed by atoms with E-state index in [1.165, 1.54) is 5.56 Å². The van der Waals surface area contributed by atoms with Gasteiger partial charge in [-0.05, 0) is 41.5 Å². The van der Waals surface area contributed by atoms with Crippen molar-refractivity contribution in [2.45, 2.75) is 26.7 Å². The van der Waals surface area contributed by atoms with Crippen LogP contribution in [-0.4, -0.2) is 24.5 Å². The molecule has 21 heavy (non-hydrogen) atoms. The third-order valence-electron chi connectivity index (χ3n) is 3.47. The minimum Gasteiger partial charge on any atom is -0.273 e. The van der Waals surface area contributed by atoms with Gasteiger partial charge in [-0.15, -0.1) is 0 Å². The maximum absolute atomic E-state index is 6.34. The van der Waals surface area contributed by atoms with Crippen molar-refractivity contribution in [3.63, 3.8) is 0 Å². The van der Waals surface area contributed by atoms with Gasteiger partial charge in [-0.25, -0.2) is 9.67 Å². The Hall–Kier alpha value is -1.15. The molecule has 0 aromatic carbocycles. The molecule has 3 aromatic rings. The van der Waals surface area contributed by atoms with E-state index in [2.05, 4.69) is 58.5 Å². The number of pyridine rings is 1. The van der Waals surface area contributed by atoms with Gasteiger partial charge in [-0.1, -0.05) is 25.4 Å². The standard InChI is InChI=1S/C14H15ClIN5/c1-7(2)11-8(3)21(18-13(11)16)10-5-9-6-20(4)19-14(9)17-12(10)15/h5-7H,1-4H3. The number of aromatic nitrogens is 5. The van der Waals surface area contributed by atoms with Gasteiger partial charge >= 0.3 is 0 Å². The molecule has 0 unspecified atom stereocenters. The SMILES string of the molecule is Cc1c(C(C)C)c(I)nn1-c1cc2cn(C)nc2nc1Cl. The minimum atomic E-state index is 0.415. The van der Waals surface area contributed by atoms with Crippen LogP contribution < -0.4 is 0 Å². The maximum atomic E-state index is 6.34. The minimum absolute atomic E-state index is 0.415. The maximum Gasteiger partial charge on any atom is 0.182 e. The Morgan fingerprint density at radius 2 is 2.00 bits per heavy atom. The second-order valence-electron chi connectivity index (χ2n) is 5.37. The number of hydrogen-bond donors (Lipinski definition) is 0. The molecule has 0 bridgehead atoms. The van der Waals surface area contributed by atoms with E-state index in [1.54, 1.807) is 4.68 Å². The Kier molecular flexibility index (Phi) is 3.69. The number of rotatable bonds is 2. The Morgan fingerprint density at radius 1 is 1.29 bits per heavy atom. The van der Waals surface area contributed by atoms with Gasteiger partial charge in [-0.3, -0.25) is 4.68 Å². The number of aryl methyl sites for hydroxylation is 1. The average Bonchev–Trinajstić information content (AvgIpc) is 2.87. The fourth-order valence-electron chi connectivity index (χ4n) is 2.56. The molecule has 0 amide bonds. The van der Waals surface area contributed by atoms with Crippen LogP contribution in [0, 0.1) is 10.6 Å². The molecule has 0 saturated heterocycles. The summed E-state index contributed by atoms with van der Waals surface area (Å²) in [5.74, 6) is 0.416. The predicted octanol–water partition coefficient (Wildman–Crippen LogP) is 3.84. The molecule has 3 heterocycles. The van der Waals surface area contributed by atoms with Gasteiger partial charge in [0.25, 0.3) is 0 Å². The zero-order valence-electron chi connectivity index (χ0n) is 12.2. The molecule has 0 saturated carbocycles. The molecule has 0 fully saturated rings. The lowest BCUT2D eigenvalue weighted by Crippen LogP contribution is -2.02. The molecule has 110 valence electrons. The second kappa shape index (κ2) is 5.24. The van der Waals surface area contributed by atoms with E-state index < -0.39 is 0 Å². The van der Waals surface area contributed by atoms with Crippen molar-refractivity contribution in [2.24, 2.45) is 7.05 Å². The van der Waals surface area contributed by atoms with Crippen molar-refractivity contribution in [1.29, 1.82) is 0 Å². The fraction of sp³-hybridized carbons (Fsp3) is 0.357. The van der Waals surface area contributed by atoms with Crippen molar-refractivity contribution in [3.05, 3.63) is 32.4 Å². The molecule has 0 N–H and O–H groups in total. The molecule has 0 aliphatic carbocycles. The van der Waals surface area contributed by atoms with E-state index >= 15 is 0 Å². The summed E-state index contributed by atoms with van der Waals surface area (Å²) in [6.07, 6.45) is 1.93. The van der Waals surface area contributed by atoms with Crippen molar-refractivity contribution in [2.75, 3.05) is 0 Å². The first kappa shape index (κ1) is 14.8. The molecular weight excluding hydrogens is 401 g/mol. The van der Waals surface area contributed by atoms with Gasteiger partial charge < -0.3 is 0 Å². The number of nitrogens with zero attached hydrogens (tertiary/aromatic N) is 5. The Balaban J connectivity index is 2.25. The van der Waals surface area contributed by atoms with E-state index in [0.717, 1.165) is 20.5 Å². The van der Waals surface area contributed by atoms with Crippen molar-refractivity contribution in [3.8, 4) is 5.69 Å². The normalized spacial score (nSPS) is 11.8. The zero-order valence-corrected chi connectivity index (χ0v) is 15.1. The summed E-state index contributed by atoms with van der Waals surface area (Å²) in [6, 6.07) is 1.98. The number of hydrogen-bond acceptors (Lipinski definition) is 3. The van der Waals surface area contributed by atoms with Gasteiger partial charge in [0.2, 0.25) is 0 Å². The summed E-state index contributed by atoms with van der Waals surface area (Å²) in [4.78, 5) is 4.37. The quantitative estimate of drug-likeness (QED) is 0.472. The summed E-state index contributed by atoms with van der Waals surface area (Å²) >= 11 is 8.61. The molecular formula is C14H15ClIN5. The first-order chi connectivity index (χ1) is 9.88. The summed E-state index contributed by atoms with van der Waals surface area (Å²) in [5.41, 5.74) is 3.79. The van der Waals surface area contributed by atoms with Crippen LogP contribution in [-0.2, 0) is 7.05 Å². The van der Waals surface area contributed by atoms with E-state index in [9.17, 15) is 0 Å². The van der Waals surface area contributed by atoms with Gasteiger partial charge in [0.15, 0.2) is 10.8 Å². The lowest BCUT2D eigenvalue weighted by atomic mass is 10.1. The fourth-order valence-corrected chi connectivity index (χ4v) is 4.00. The highest BCUT2D eigenvalue weighted by Gasteiger charge is 2.19. The summed E-state index contributed by atoms with van der Waals surface area (Å²) in [6.45, 7) is 6.40. The van der Waals surface area contributed by atoms with Crippen LogP contribution in [0.1, 0.15) is 31.0 Å². The van der Waals surface area contributed by atoms with Crippen LogP contribution in [0.5, 0.6) is 0 Å². The largest absolute Gasteiger partial charge is 0.273 e. The van der Waals surface area contributed by atoms with Crippen LogP contribution in [0.3, 0.4) is 0 Å². The number of halogens is 2. The molecule has 0 aliphatic rings. The number of fused-ring (bicyclic) bond motifs is 1. The van der Waals surface area contributed by atoms with Crippen LogP contribution in [0.2, 0.25) is 5.15 Å². The van der Waals surface area contributed by atoms with E-state index in [4.69, 9.17) is 11.6 Å². The van der Waals surface area contributed by atoms with Crippen LogP contribution >= 0.6 is 34.2 Å². The monoisotopic (exact) mass is 415 g/mol. The first-order valence-corrected chi connectivity index (χ1v) is 8.09. The third kappa shape index (κ3) is 2.44. The first-order valence-electron chi connectivity index (χ1n) is 6.63. The van der Waals surface area contributed by atoms with Gasteiger partial charge in [0.1, 0.15) is 9.39 Å². The highest BCUT2D eigenvalue weighted by Crippen LogP contribution is 2.29. The zero-order chi connectivity index (χ0) is 15.3. The predicted molar refractivity (Wildman–Crippen MR) is 92.2 cm³/mol. The van der Waals surface area contributed by atoms with Gasteiger partial charge in [0.05, 0.1) is 0 Å². The lowest BCUT2D eigenvalue weighted by Gasteiger charge is -2.08. The summed E-state index contributed by atoms with van der Waals surface area (Å²) in [7, 11) is 1.87. The average molecular weight is 416 g/mol. The van der Waals surface area contributed by atoms with Crippen molar-refractivity contribution in [1.82, 2.24) is 24.5 Å².